The van der Waals surface area contributed by atoms with Crippen LogP contribution in [0, 0.1) is 11.3 Å². The van der Waals surface area contributed by atoms with Crippen LogP contribution in [0.25, 0.3) is 0 Å². The predicted octanol–water partition coefficient (Wildman–Crippen LogP) is 2.92. The van der Waals surface area contributed by atoms with E-state index >= 15 is 0 Å². The topological polar surface area (TPSA) is 202 Å². The van der Waals surface area contributed by atoms with Crippen molar-refractivity contribution in [2.45, 2.75) is 128 Å². The van der Waals surface area contributed by atoms with Gasteiger partial charge in [0.1, 0.15) is 29.9 Å². The highest BCUT2D eigenvalue weighted by molar-refractivity contribution is 6.38. The molecular formula is C38H51ClN8O7. The number of carbonyl (C=O) groups is 6. The Morgan fingerprint density at radius 2 is 1.67 bits per heavy atom. The Kier molecular flexibility index (Phi) is 13.6. The molecule has 1 saturated heterocycles. The third-order valence-corrected chi connectivity index (χ3v) is 10.3. The summed E-state index contributed by atoms with van der Waals surface area (Å²) in [7, 11) is 0. The molecule has 4 N–H and O–H groups in total. The number of nitrogens with one attached hydrogen (secondary N) is 4. The van der Waals surface area contributed by atoms with Gasteiger partial charge in [0.05, 0.1) is 17.3 Å². The van der Waals surface area contributed by atoms with E-state index in [-0.39, 0.29) is 42.9 Å². The first-order valence-electron chi connectivity index (χ1n) is 18.9. The fourth-order valence-electron chi connectivity index (χ4n) is 7.03. The number of halogens is 1. The summed E-state index contributed by atoms with van der Waals surface area (Å²) in [5.74, 6) is -3.82. The average molecular weight is 767 g/mol. The van der Waals surface area contributed by atoms with E-state index in [0.29, 0.717) is 11.4 Å². The molecule has 16 heteroatoms. The van der Waals surface area contributed by atoms with Gasteiger partial charge in [0, 0.05) is 43.7 Å². The number of pyridine rings is 1. The number of nitrogens with zero attached hydrogens (tertiary/aromatic N) is 4. The number of Topliss-reactive ketones (excluding diaryl/α,β-unsaturated/α-hetero) is 1. The van der Waals surface area contributed by atoms with Crippen molar-refractivity contribution in [3.8, 4) is 5.88 Å². The second kappa shape index (κ2) is 18.1. The third kappa shape index (κ3) is 10.5. The summed E-state index contributed by atoms with van der Waals surface area (Å²) in [5.41, 5.74) is -0.787. The Bertz CT molecular complexity index is 1660. The maximum Gasteiger partial charge on any atom is 0.289 e. The Labute approximate surface area is 320 Å². The van der Waals surface area contributed by atoms with E-state index in [9.17, 15) is 28.8 Å². The Balaban J connectivity index is 1.41. The zero-order chi connectivity index (χ0) is 39.0. The van der Waals surface area contributed by atoms with E-state index in [1.54, 1.807) is 32.9 Å². The van der Waals surface area contributed by atoms with E-state index in [1.807, 2.05) is 6.92 Å². The molecule has 1 aliphatic heterocycles. The third-order valence-electron chi connectivity index (χ3n) is 10.1. The lowest BCUT2D eigenvalue weighted by Crippen LogP contribution is -2.63. The van der Waals surface area contributed by atoms with Crippen LogP contribution in [0.15, 0.2) is 36.9 Å². The molecule has 2 aromatic rings. The fourth-order valence-corrected chi connectivity index (χ4v) is 7.14. The summed E-state index contributed by atoms with van der Waals surface area (Å²) in [5, 5.41) is 11.6. The number of rotatable bonds is 15. The van der Waals surface area contributed by atoms with E-state index in [4.69, 9.17) is 16.3 Å². The summed E-state index contributed by atoms with van der Waals surface area (Å²) < 4.78 is 6.17. The van der Waals surface area contributed by atoms with Crippen LogP contribution in [0.1, 0.15) is 102 Å². The molecule has 5 amide bonds. The molecule has 5 atom stereocenters. The van der Waals surface area contributed by atoms with Gasteiger partial charge in [-0.2, -0.15) is 0 Å². The average Bonchev–Trinajstić information content (AvgIpc) is 3.88. The van der Waals surface area contributed by atoms with Crippen molar-refractivity contribution in [2.75, 3.05) is 6.54 Å². The van der Waals surface area contributed by atoms with Crippen molar-refractivity contribution in [3.63, 3.8) is 0 Å². The van der Waals surface area contributed by atoms with Crippen LogP contribution in [-0.2, 0) is 24.0 Å². The van der Waals surface area contributed by atoms with Gasteiger partial charge >= 0.3 is 0 Å². The van der Waals surface area contributed by atoms with Crippen molar-refractivity contribution in [1.82, 2.24) is 41.1 Å². The Hall–Kier alpha value is -4.66. The van der Waals surface area contributed by atoms with E-state index in [0.717, 1.165) is 44.9 Å². The van der Waals surface area contributed by atoms with Gasteiger partial charge in [-0.05, 0) is 49.5 Å². The molecule has 5 rings (SSSR count). The number of likely N-dealkylation sites (tertiary alicyclic amines) is 1. The number of hydrogen-bond acceptors (Lipinski definition) is 10. The van der Waals surface area contributed by atoms with Gasteiger partial charge in [-0.3, -0.25) is 33.8 Å². The second-order valence-electron chi connectivity index (χ2n) is 15.4. The van der Waals surface area contributed by atoms with Gasteiger partial charge in [0.2, 0.25) is 29.4 Å². The normalized spacial score (nSPS) is 20.6. The summed E-state index contributed by atoms with van der Waals surface area (Å²) in [6.45, 7) is 7.32. The standard InChI is InChI=1S/C38H51ClN8O7/c1-5-9-25(31(48)36(52)43-24-13-14-24)44-35(51)30-27(54-28-15-12-23(39)20-42-28)16-19-47(30)37(53)32(38(2,3)4)46-34(50)29(22-10-7-6-8-11-22)45-33(49)26-21-40-17-18-41-26/h12,15,17-18,20-22,24-25,27,29-30,32H,5-11,13-14,16,19H2,1-4H3,(H,43,52)(H,44,51)(H,45,49)(H,46,50)/t25-,27+,29-,30+,32+/m0/s1. The van der Waals surface area contributed by atoms with Crippen molar-refractivity contribution < 1.29 is 33.5 Å². The molecule has 0 spiro atoms. The Morgan fingerprint density at radius 3 is 2.28 bits per heavy atom. The van der Waals surface area contributed by atoms with E-state index in [2.05, 4.69) is 36.2 Å². The highest BCUT2D eigenvalue weighted by atomic mass is 35.5. The summed E-state index contributed by atoms with van der Waals surface area (Å²) in [6.07, 6.45) is 11.4. The molecule has 3 fully saturated rings. The highest BCUT2D eigenvalue weighted by Gasteiger charge is 2.49. The summed E-state index contributed by atoms with van der Waals surface area (Å²) >= 11 is 6.04. The van der Waals surface area contributed by atoms with Crippen molar-refractivity contribution in [3.05, 3.63) is 47.6 Å². The zero-order valence-corrected chi connectivity index (χ0v) is 32.1. The highest BCUT2D eigenvalue weighted by Crippen LogP contribution is 2.31. The second-order valence-corrected chi connectivity index (χ2v) is 15.9. The molecule has 2 aliphatic carbocycles. The molecule has 0 unspecified atom stereocenters. The van der Waals surface area contributed by atoms with Crippen LogP contribution in [0.4, 0.5) is 0 Å². The van der Waals surface area contributed by atoms with Gasteiger partial charge in [-0.25, -0.2) is 9.97 Å². The van der Waals surface area contributed by atoms with Crippen LogP contribution in [0.2, 0.25) is 5.02 Å². The summed E-state index contributed by atoms with van der Waals surface area (Å²) in [6, 6.07) is -1.38. The van der Waals surface area contributed by atoms with E-state index < -0.39 is 71.0 Å². The first-order valence-corrected chi connectivity index (χ1v) is 19.3. The fraction of sp³-hybridized carbons (Fsp3) is 0.605. The molecule has 2 aromatic heterocycles. The Morgan fingerprint density at radius 1 is 0.926 bits per heavy atom. The van der Waals surface area contributed by atoms with Gasteiger partial charge in [-0.15, -0.1) is 0 Å². The van der Waals surface area contributed by atoms with Crippen LogP contribution in [-0.4, -0.2) is 98.0 Å². The van der Waals surface area contributed by atoms with Crippen molar-refractivity contribution in [1.29, 1.82) is 0 Å². The number of carbonyl (C=O) groups excluding carboxylic acids is 6. The lowest BCUT2D eigenvalue weighted by molar-refractivity contribution is -0.146. The molecule has 0 aromatic carbocycles. The van der Waals surface area contributed by atoms with Crippen molar-refractivity contribution in [2.24, 2.45) is 11.3 Å². The summed E-state index contributed by atoms with van der Waals surface area (Å²) in [4.78, 5) is 96.1. The molecule has 0 radical (unpaired) electrons. The SMILES string of the molecule is CCC[C@H](NC(=O)[C@H]1[C@H](Oc2ccc(Cl)cn2)CCN1C(=O)[C@@H](NC(=O)[C@@H](NC(=O)c1cnccn1)C1CCCCC1)C(C)(C)C)C(=O)C(=O)NC1CC1. The molecule has 292 valence electrons. The smallest absolute Gasteiger partial charge is 0.289 e. The van der Waals surface area contributed by atoms with E-state index in [1.165, 1.54) is 29.7 Å². The molecule has 3 aliphatic rings. The van der Waals surface area contributed by atoms with Crippen molar-refractivity contribution >= 4 is 46.9 Å². The first-order chi connectivity index (χ1) is 25.8. The number of ketones is 1. The zero-order valence-electron chi connectivity index (χ0n) is 31.3. The van der Waals surface area contributed by atoms with Crippen LogP contribution in [0.5, 0.6) is 5.88 Å². The van der Waals surface area contributed by atoms with Crippen LogP contribution >= 0.6 is 11.6 Å². The molecule has 0 bridgehead atoms. The minimum absolute atomic E-state index is 0.0467. The predicted molar refractivity (Wildman–Crippen MR) is 198 cm³/mol. The molecule has 2 saturated carbocycles. The lowest BCUT2D eigenvalue weighted by atomic mass is 9.82. The van der Waals surface area contributed by atoms with Gasteiger partial charge in [0.25, 0.3) is 11.8 Å². The molecule has 3 heterocycles. The first kappa shape index (κ1) is 40.5. The quantitative estimate of drug-likeness (QED) is 0.195. The van der Waals surface area contributed by atoms with Gasteiger partial charge in [0.15, 0.2) is 0 Å². The minimum Gasteiger partial charge on any atom is -0.471 e. The van der Waals surface area contributed by atoms with Gasteiger partial charge in [-0.1, -0.05) is 65.0 Å². The monoisotopic (exact) mass is 766 g/mol. The largest absolute Gasteiger partial charge is 0.471 e. The number of hydrogen-bond donors (Lipinski definition) is 4. The number of ether oxygens (including phenoxy) is 1. The number of aromatic nitrogens is 3. The minimum atomic E-state index is -1.25. The van der Waals surface area contributed by atoms with Crippen LogP contribution in [0.3, 0.4) is 0 Å². The lowest BCUT2D eigenvalue weighted by Gasteiger charge is -2.38. The van der Waals surface area contributed by atoms with Crippen LogP contribution < -0.4 is 26.0 Å². The molecule has 15 nitrogen and oxygen atoms in total. The maximum absolute atomic E-state index is 14.7. The van der Waals surface area contributed by atoms with Gasteiger partial charge < -0.3 is 30.9 Å². The number of amides is 5. The molecule has 54 heavy (non-hydrogen) atoms. The molecular weight excluding hydrogens is 716 g/mol. The maximum atomic E-state index is 14.7.